The molecule has 3 aromatic rings. The Labute approximate surface area is 193 Å². The predicted octanol–water partition coefficient (Wildman–Crippen LogP) is 5.30. The molecule has 0 radical (unpaired) electrons. The topological polar surface area (TPSA) is 87.2 Å². The molecule has 1 aliphatic heterocycles. The number of nitrogens with one attached hydrogen (secondary N) is 2. The Balaban J connectivity index is 1.39. The molecule has 0 saturated carbocycles. The predicted molar refractivity (Wildman–Crippen MR) is 123 cm³/mol. The zero-order valence-electron chi connectivity index (χ0n) is 17.3. The average molecular weight is 474 g/mol. The number of hydrogen-bond donors (Lipinski definition) is 2. The van der Waals surface area contributed by atoms with E-state index < -0.39 is 5.82 Å². The molecule has 2 aromatic carbocycles. The third kappa shape index (κ3) is 5.05. The summed E-state index contributed by atoms with van der Waals surface area (Å²) in [6.07, 6.45) is 1.65. The maximum Gasteiger partial charge on any atom is 0.321 e. The lowest BCUT2D eigenvalue weighted by Gasteiger charge is -2.31. The van der Waals surface area contributed by atoms with Crippen LogP contribution < -0.4 is 10.6 Å². The summed E-state index contributed by atoms with van der Waals surface area (Å²) in [5, 5.41) is 14.8. The number of amides is 3. The molecule has 1 aliphatic rings. The highest BCUT2D eigenvalue weighted by Crippen LogP contribution is 2.30. The van der Waals surface area contributed by atoms with Gasteiger partial charge in [0.25, 0.3) is 5.91 Å². The molecule has 1 saturated heterocycles. The van der Waals surface area contributed by atoms with Crippen LogP contribution in [0.15, 0.2) is 42.5 Å². The van der Waals surface area contributed by atoms with Gasteiger partial charge in [-0.2, -0.15) is 0 Å². The van der Waals surface area contributed by atoms with Crippen LogP contribution in [0.3, 0.4) is 0 Å². The van der Waals surface area contributed by atoms with Gasteiger partial charge in [-0.15, -0.1) is 10.2 Å². The number of anilines is 2. The third-order valence-electron chi connectivity index (χ3n) is 5.26. The van der Waals surface area contributed by atoms with Crippen LogP contribution >= 0.6 is 22.9 Å². The molecule has 2 heterocycles. The van der Waals surface area contributed by atoms with E-state index in [1.54, 1.807) is 4.90 Å². The number of likely N-dealkylation sites (tertiary alicyclic amines) is 1. The summed E-state index contributed by atoms with van der Waals surface area (Å²) < 4.78 is 13.3. The minimum absolute atomic E-state index is 0.0104. The van der Waals surface area contributed by atoms with Crippen molar-refractivity contribution in [1.82, 2.24) is 15.1 Å². The van der Waals surface area contributed by atoms with Crippen LogP contribution in [0.2, 0.25) is 5.02 Å². The zero-order chi connectivity index (χ0) is 22.7. The second-order valence-corrected chi connectivity index (χ2v) is 8.98. The van der Waals surface area contributed by atoms with E-state index in [-0.39, 0.29) is 27.9 Å². The van der Waals surface area contributed by atoms with E-state index in [2.05, 4.69) is 20.8 Å². The van der Waals surface area contributed by atoms with Crippen molar-refractivity contribution in [3.8, 4) is 0 Å². The number of urea groups is 1. The van der Waals surface area contributed by atoms with Crippen molar-refractivity contribution in [1.29, 1.82) is 0 Å². The summed E-state index contributed by atoms with van der Waals surface area (Å²) in [5.74, 6) is -0.855. The Bertz CT molecular complexity index is 1150. The second-order valence-electron chi connectivity index (χ2n) is 7.56. The summed E-state index contributed by atoms with van der Waals surface area (Å²) in [4.78, 5) is 26.9. The van der Waals surface area contributed by atoms with E-state index in [0.29, 0.717) is 18.8 Å². The van der Waals surface area contributed by atoms with E-state index >= 15 is 0 Å². The Kier molecular flexibility index (Phi) is 6.66. The number of carbonyl (C=O) groups excluding carboxylic acids is 2. The lowest BCUT2D eigenvalue weighted by Crippen LogP contribution is -2.41. The summed E-state index contributed by atoms with van der Waals surface area (Å²) in [6, 6.07) is 11.3. The smallest absolute Gasteiger partial charge is 0.321 e. The molecule has 10 heteroatoms. The highest BCUT2D eigenvalue weighted by molar-refractivity contribution is 7.13. The maximum atomic E-state index is 13.3. The number of halogens is 2. The van der Waals surface area contributed by atoms with Crippen molar-refractivity contribution in [3.63, 3.8) is 0 Å². The van der Waals surface area contributed by atoms with E-state index in [0.717, 1.165) is 29.1 Å². The summed E-state index contributed by atoms with van der Waals surface area (Å²) in [6.45, 7) is 2.97. The molecule has 7 nitrogen and oxygen atoms in total. The first-order valence-electron chi connectivity index (χ1n) is 10.1. The Morgan fingerprint density at radius 2 is 2.00 bits per heavy atom. The van der Waals surface area contributed by atoms with Gasteiger partial charge in [-0.1, -0.05) is 41.1 Å². The van der Waals surface area contributed by atoms with Crippen LogP contribution in [-0.2, 0) is 0 Å². The van der Waals surface area contributed by atoms with Crippen molar-refractivity contribution < 1.29 is 14.0 Å². The number of carbonyl (C=O) groups is 2. The molecular formula is C22H21ClFN5O2S. The molecule has 2 N–H and O–H groups in total. The fraction of sp³-hybridized carbons (Fsp3) is 0.273. The standard InChI is InChI=1S/C22H21ClFN5O2S/c1-13-5-2-3-7-18(13)26-19(30)21-28-27-20(32-21)14-6-4-10-29(12-14)22(31)25-15-8-9-17(24)16(23)11-15/h2-3,5,7-9,11,14H,4,6,10,12H2,1H3,(H,25,31)(H,26,30)/t14-/m1/s1. The van der Waals surface area contributed by atoms with Gasteiger partial charge in [-0.25, -0.2) is 9.18 Å². The van der Waals surface area contributed by atoms with Gasteiger partial charge in [0.2, 0.25) is 5.01 Å². The minimum atomic E-state index is -0.541. The van der Waals surface area contributed by atoms with Crippen LogP contribution in [0.5, 0.6) is 0 Å². The SMILES string of the molecule is Cc1ccccc1NC(=O)c1nnc([C@@H]2CCCN(C(=O)Nc3ccc(F)c(Cl)c3)C2)s1. The minimum Gasteiger partial charge on any atom is -0.324 e. The molecule has 0 spiro atoms. The number of piperidine rings is 1. The lowest BCUT2D eigenvalue weighted by atomic mass is 9.99. The van der Waals surface area contributed by atoms with Crippen molar-refractivity contribution in [2.45, 2.75) is 25.7 Å². The quantitative estimate of drug-likeness (QED) is 0.538. The van der Waals surface area contributed by atoms with Gasteiger partial charge in [0.15, 0.2) is 0 Å². The van der Waals surface area contributed by atoms with Gasteiger partial charge in [-0.3, -0.25) is 4.79 Å². The normalized spacial score (nSPS) is 16.0. The first-order chi connectivity index (χ1) is 15.4. The zero-order valence-corrected chi connectivity index (χ0v) is 18.8. The summed E-state index contributed by atoms with van der Waals surface area (Å²) >= 11 is 7.03. The van der Waals surface area contributed by atoms with E-state index in [1.165, 1.54) is 29.5 Å². The van der Waals surface area contributed by atoms with E-state index in [4.69, 9.17) is 11.6 Å². The van der Waals surface area contributed by atoms with Crippen LogP contribution in [0, 0.1) is 12.7 Å². The van der Waals surface area contributed by atoms with Crippen LogP contribution in [0.4, 0.5) is 20.6 Å². The maximum absolute atomic E-state index is 13.3. The lowest BCUT2D eigenvalue weighted by molar-refractivity contribution is 0.102. The van der Waals surface area contributed by atoms with Gasteiger partial charge in [0.1, 0.15) is 10.8 Å². The summed E-state index contributed by atoms with van der Waals surface area (Å²) in [7, 11) is 0. The molecule has 1 aromatic heterocycles. The number of hydrogen-bond acceptors (Lipinski definition) is 5. The van der Waals surface area contributed by atoms with Crippen LogP contribution in [-0.4, -0.2) is 40.1 Å². The molecule has 4 rings (SSSR count). The first kappa shape index (κ1) is 22.2. The monoisotopic (exact) mass is 473 g/mol. The van der Waals surface area contributed by atoms with Crippen LogP contribution in [0.1, 0.15) is 39.1 Å². The molecular weight excluding hydrogens is 453 g/mol. The number of benzene rings is 2. The molecule has 0 aliphatic carbocycles. The van der Waals surface area contributed by atoms with Gasteiger partial charge < -0.3 is 15.5 Å². The number of rotatable bonds is 4. The fourth-order valence-electron chi connectivity index (χ4n) is 3.52. The van der Waals surface area contributed by atoms with Crippen molar-refractivity contribution in [2.75, 3.05) is 23.7 Å². The Morgan fingerprint density at radius 1 is 1.19 bits per heavy atom. The van der Waals surface area contributed by atoms with Gasteiger partial charge in [0.05, 0.1) is 5.02 Å². The van der Waals surface area contributed by atoms with E-state index in [9.17, 15) is 14.0 Å². The van der Waals surface area contributed by atoms with Crippen LogP contribution in [0.25, 0.3) is 0 Å². The number of aryl methyl sites for hydroxylation is 1. The van der Waals surface area contributed by atoms with Gasteiger partial charge in [0, 0.05) is 30.4 Å². The molecule has 0 bridgehead atoms. The first-order valence-corrected chi connectivity index (χ1v) is 11.3. The average Bonchev–Trinajstić information content (AvgIpc) is 3.28. The number of aromatic nitrogens is 2. The third-order valence-corrected chi connectivity index (χ3v) is 6.63. The molecule has 0 unspecified atom stereocenters. The second kappa shape index (κ2) is 9.62. The Morgan fingerprint density at radius 3 is 2.78 bits per heavy atom. The molecule has 1 fully saturated rings. The number of para-hydroxylation sites is 1. The molecule has 1 atom stereocenters. The van der Waals surface area contributed by atoms with E-state index in [1.807, 2.05) is 31.2 Å². The fourth-order valence-corrected chi connectivity index (χ4v) is 4.56. The largest absolute Gasteiger partial charge is 0.324 e. The molecule has 166 valence electrons. The number of nitrogens with zero attached hydrogens (tertiary/aromatic N) is 3. The molecule has 32 heavy (non-hydrogen) atoms. The highest BCUT2D eigenvalue weighted by atomic mass is 35.5. The van der Waals surface area contributed by atoms with Gasteiger partial charge in [-0.05, 0) is 49.6 Å². The molecule has 3 amide bonds. The van der Waals surface area contributed by atoms with Gasteiger partial charge >= 0.3 is 6.03 Å². The summed E-state index contributed by atoms with van der Waals surface area (Å²) in [5.41, 5.74) is 2.12. The Hall–Kier alpha value is -3.04. The van der Waals surface area contributed by atoms with Crippen molar-refractivity contribution in [3.05, 3.63) is 68.9 Å². The van der Waals surface area contributed by atoms with Crippen molar-refractivity contribution in [2.24, 2.45) is 0 Å². The van der Waals surface area contributed by atoms with Crippen molar-refractivity contribution >= 4 is 46.3 Å². The highest BCUT2D eigenvalue weighted by Gasteiger charge is 2.28.